The monoisotopic (exact) mass is 140 g/mol. The van der Waals surface area contributed by atoms with Gasteiger partial charge >= 0.3 is 29.6 Å². The number of rotatable bonds is 4. The zero-order chi connectivity index (χ0) is 6.41. The Balaban J connectivity index is -0.000000245. The van der Waals surface area contributed by atoms with Crippen LogP contribution >= 0.6 is 0 Å². The van der Waals surface area contributed by atoms with Crippen molar-refractivity contribution in [2.24, 2.45) is 0 Å². The molecule has 1 N–H and O–H groups in total. The fourth-order valence-electron chi connectivity index (χ4n) is 0.690. The van der Waals surface area contributed by atoms with Crippen molar-refractivity contribution in [1.29, 1.82) is 0 Å². The molecular weight excluding hydrogens is 123 g/mol. The third kappa shape index (κ3) is 12.2. The Kier molecular flexibility index (Phi) is 12.6. The van der Waals surface area contributed by atoms with Crippen LogP contribution in [0.15, 0.2) is 0 Å². The van der Waals surface area contributed by atoms with Crippen molar-refractivity contribution in [3.63, 3.8) is 0 Å². The van der Waals surface area contributed by atoms with Gasteiger partial charge in [-0.15, -0.1) is 0 Å². The van der Waals surface area contributed by atoms with Crippen LogP contribution in [0.5, 0.6) is 0 Å². The second kappa shape index (κ2) is 8.96. The van der Waals surface area contributed by atoms with E-state index in [9.17, 15) is 0 Å². The molecule has 0 amide bonds. The van der Waals surface area contributed by atoms with Crippen LogP contribution in [0.3, 0.4) is 0 Å². The maximum absolute atomic E-state index is 8.78. The fourth-order valence-corrected chi connectivity index (χ4v) is 0.690. The average molecular weight is 140 g/mol. The minimum Gasteiger partial charge on any atom is -1.00 e. The van der Waals surface area contributed by atoms with Crippen molar-refractivity contribution in [3.05, 3.63) is 0 Å². The predicted molar refractivity (Wildman–Crippen MR) is 36.9 cm³/mol. The second-order valence-electron chi connectivity index (χ2n) is 2.34. The number of hydrogen-bond acceptors (Lipinski definition) is 1. The topological polar surface area (TPSA) is 20.2 Å². The number of unbranched alkanes of at least 4 members (excludes halogenated alkanes) is 2. The van der Waals surface area contributed by atoms with Crippen LogP contribution in [0.4, 0.5) is 0 Å². The van der Waals surface area contributed by atoms with Crippen molar-refractivity contribution >= 4 is 0 Å². The summed E-state index contributed by atoms with van der Waals surface area (Å²) in [4.78, 5) is 0. The molecule has 52 valence electrons. The molecule has 0 rings (SSSR count). The molecule has 0 radical (unpaired) electrons. The van der Waals surface area contributed by atoms with E-state index in [0.29, 0.717) is 0 Å². The summed E-state index contributed by atoms with van der Waals surface area (Å²) >= 11 is 0. The summed E-state index contributed by atoms with van der Waals surface area (Å²) in [5.41, 5.74) is 0. The Hall–Kier alpha value is 0.960. The van der Waals surface area contributed by atoms with Gasteiger partial charge in [-0.1, -0.05) is 26.2 Å². The largest absolute Gasteiger partial charge is 1.00 e. The first-order valence-corrected chi connectivity index (χ1v) is 3.45. The molecule has 0 fully saturated rings. The van der Waals surface area contributed by atoms with E-state index in [0.717, 1.165) is 6.42 Å². The summed E-state index contributed by atoms with van der Waals surface area (Å²) in [5.74, 6) is 0. The van der Waals surface area contributed by atoms with Crippen molar-refractivity contribution in [1.82, 2.24) is 0 Å². The molecule has 1 atom stereocenters. The molecular formula is C7H17NaO. The van der Waals surface area contributed by atoms with Gasteiger partial charge in [-0.25, -0.2) is 0 Å². The van der Waals surface area contributed by atoms with Crippen LogP contribution in [0.2, 0.25) is 0 Å². The van der Waals surface area contributed by atoms with E-state index in [2.05, 4.69) is 6.92 Å². The summed E-state index contributed by atoms with van der Waals surface area (Å²) in [7, 11) is 0. The van der Waals surface area contributed by atoms with E-state index in [1.54, 1.807) is 0 Å². The molecule has 0 aromatic carbocycles. The molecule has 1 unspecified atom stereocenters. The molecule has 0 aromatic heterocycles. The van der Waals surface area contributed by atoms with Gasteiger partial charge in [0, 0.05) is 0 Å². The van der Waals surface area contributed by atoms with Crippen LogP contribution in [0.1, 0.15) is 41.0 Å². The Morgan fingerprint density at radius 3 is 2.33 bits per heavy atom. The van der Waals surface area contributed by atoms with Crippen molar-refractivity contribution < 1.29 is 36.1 Å². The van der Waals surface area contributed by atoms with Crippen molar-refractivity contribution in [2.45, 2.75) is 45.6 Å². The summed E-state index contributed by atoms with van der Waals surface area (Å²) < 4.78 is 0. The first kappa shape index (κ1) is 12.6. The van der Waals surface area contributed by atoms with E-state index in [1.165, 1.54) is 19.3 Å². The van der Waals surface area contributed by atoms with Gasteiger partial charge in [0.2, 0.25) is 0 Å². The number of aliphatic hydroxyl groups is 1. The Bertz CT molecular complexity index is 50.9. The van der Waals surface area contributed by atoms with Crippen molar-refractivity contribution in [2.75, 3.05) is 0 Å². The molecule has 0 heterocycles. The summed E-state index contributed by atoms with van der Waals surface area (Å²) in [5, 5.41) is 8.78. The fraction of sp³-hybridized carbons (Fsp3) is 1.00. The normalized spacial score (nSPS) is 12.3. The summed E-state index contributed by atoms with van der Waals surface area (Å²) in [6.07, 6.45) is 4.54. The minimum absolute atomic E-state index is 0. The van der Waals surface area contributed by atoms with Crippen molar-refractivity contribution in [3.8, 4) is 0 Å². The van der Waals surface area contributed by atoms with Gasteiger partial charge in [0.15, 0.2) is 0 Å². The first-order chi connectivity index (χ1) is 3.77. The van der Waals surface area contributed by atoms with E-state index < -0.39 is 0 Å². The van der Waals surface area contributed by atoms with E-state index in [4.69, 9.17) is 5.11 Å². The smallest absolute Gasteiger partial charge is 1.00 e. The molecule has 0 bridgehead atoms. The number of hydrogen-bond donors (Lipinski definition) is 1. The van der Waals surface area contributed by atoms with Gasteiger partial charge < -0.3 is 6.53 Å². The number of aliphatic hydroxyl groups excluding tert-OH is 1. The zero-order valence-electron chi connectivity index (χ0n) is 7.85. The van der Waals surface area contributed by atoms with Gasteiger partial charge in [0.05, 0.1) is 6.10 Å². The zero-order valence-corrected chi connectivity index (χ0v) is 8.85. The van der Waals surface area contributed by atoms with E-state index in [-0.39, 0.29) is 37.1 Å². The SMILES string of the molecule is CCCCCC(C)O.[H-].[Na+]. The summed E-state index contributed by atoms with van der Waals surface area (Å²) in [6, 6.07) is 0. The van der Waals surface area contributed by atoms with Crippen LogP contribution < -0.4 is 29.6 Å². The molecule has 0 saturated heterocycles. The summed E-state index contributed by atoms with van der Waals surface area (Å²) in [6.45, 7) is 4.01. The van der Waals surface area contributed by atoms with Gasteiger partial charge in [-0.3, -0.25) is 0 Å². The molecule has 0 aromatic rings. The van der Waals surface area contributed by atoms with Gasteiger partial charge in [-0.2, -0.15) is 0 Å². The third-order valence-electron chi connectivity index (χ3n) is 1.23. The quantitative estimate of drug-likeness (QED) is 0.395. The average Bonchev–Trinajstić information content (AvgIpc) is 1.66. The van der Waals surface area contributed by atoms with E-state index in [1.807, 2.05) is 6.92 Å². The van der Waals surface area contributed by atoms with Crippen LogP contribution in [-0.2, 0) is 0 Å². The molecule has 1 nitrogen and oxygen atoms in total. The maximum Gasteiger partial charge on any atom is 1.00 e. The van der Waals surface area contributed by atoms with Gasteiger partial charge in [0.1, 0.15) is 0 Å². The molecule has 0 spiro atoms. The third-order valence-corrected chi connectivity index (χ3v) is 1.23. The maximum atomic E-state index is 8.78. The molecule has 0 aliphatic carbocycles. The first-order valence-electron chi connectivity index (χ1n) is 3.45. The molecule has 9 heavy (non-hydrogen) atoms. The van der Waals surface area contributed by atoms with Gasteiger partial charge in [-0.05, 0) is 13.3 Å². The van der Waals surface area contributed by atoms with Crippen LogP contribution in [0, 0.1) is 0 Å². The standard InChI is InChI=1S/C7H16O.Na.H/c1-3-4-5-6-7(2)8;;/h7-8H,3-6H2,1-2H3;;/q;+1;-1. The Morgan fingerprint density at radius 1 is 1.44 bits per heavy atom. The minimum atomic E-state index is -0.0958. The molecule has 0 aliphatic heterocycles. The molecule has 0 saturated carbocycles. The van der Waals surface area contributed by atoms with Gasteiger partial charge in [0.25, 0.3) is 0 Å². The van der Waals surface area contributed by atoms with Crippen LogP contribution in [0.25, 0.3) is 0 Å². The van der Waals surface area contributed by atoms with Crippen LogP contribution in [-0.4, -0.2) is 11.2 Å². The molecule has 0 aliphatic rings. The molecule has 2 heteroatoms. The predicted octanol–water partition coefficient (Wildman–Crippen LogP) is -0.936. The Labute approximate surface area is 81.6 Å². The van der Waals surface area contributed by atoms with E-state index >= 15 is 0 Å². The Morgan fingerprint density at radius 2 is 2.00 bits per heavy atom. The second-order valence-corrected chi connectivity index (χ2v) is 2.34.